The minimum Gasteiger partial charge on any atom is -0.368 e. The van der Waals surface area contributed by atoms with E-state index in [0.29, 0.717) is 25.3 Å². The van der Waals surface area contributed by atoms with E-state index in [4.69, 9.17) is 10.3 Å². The fraction of sp³-hybridized carbons (Fsp3) is 0.375. The van der Waals surface area contributed by atoms with Crippen molar-refractivity contribution in [2.75, 3.05) is 31.1 Å². The molecule has 1 aliphatic rings. The highest BCUT2D eigenvalue weighted by molar-refractivity contribution is 5.99. The van der Waals surface area contributed by atoms with Crippen molar-refractivity contribution in [3.05, 3.63) is 47.1 Å². The molecule has 1 saturated heterocycles. The molecule has 0 bridgehead atoms. The van der Waals surface area contributed by atoms with Gasteiger partial charge < -0.3 is 15.2 Å². The Bertz CT molecular complexity index is 708. The first kappa shape index (κ1) is 15.5. The third-order valence-corrected chi connectivity index (χ3v) is 4.01. The summed E-state index contributed by atoms with van der Waals surface area (Å²) >= 11 is 0. The van der Waals surface area contributed by atoms with E-state index >= 15 is 0 Å². The summed E-state index contributed by atoms with van der Waals surface area (Å²) in [5.41, 5.74) is 6.71. The van der Waals surface area contributed by atoms with E-state index in [1.165, 1.54) is 6.07 Å². The van der Waals surface area contributed by atoms with Gasteiger partial charge >= 0.3 is 0 Å². The fourth-order valence-electron chi connectivity index (χ4n) is 2.88. The summed E-state index contributed by atoms with van der Waals surface area (Å²) in [6.07, 6.45) is 0. The number of anilines is 1. The van der Waals surface area contributed by atoms with Crippen molar-refractivity contribution < 1.29 is 13.7 Å². The van der Waals surface area contributed by atoms with Crippen LogP contribution in [-0.4, -0.2) is 42.1 Å². The van der Waals surface area contributed by atoms with Crippen LogP contribution in [-0.2, 0) is 6.54 Å². The number of rotatable bonds is 4. The summed E-state index contributed by atoms with van der Waals surface area (Å²) < 4.78 is 19.1. The van der Waals surface area contributed by atoms with E-state index in [-0.39, 0.29) is 5.56 Å². The lowest BCUT2D eigenvalue weighted by molar-refractivity contribution is 0.0996. The maximum absolute atomic E-state index is 13.9. The van der Waals surface area contributed by atoms with Gasteiger partial charge in [-0.2, -0.15) is 0 Å². The van der Waals surface area contributed by atoms with Crippen LogP contribution < -0.4 is 10.6 Å². The normalized spacial score (nSPS) is 15.8. The topological polar surface area (TPSA) is 75.6 Å². The molecule has 23 heavy (non-hydrogen) atoms. The molecule has 2 aromatic rings. The van der Waals surface area contributed by atoms with Crippen LogP contribution in [0.3, 0.4) is 0 Å². The Balaban J connectivity index is 1.67. The van der Waals surface area contributed by atoms with E-state index in [1.807, 2.05) is 17.9 Å². The highest BCUT2D eigenvalue weighted by atomic mass is 19.1. The molecule has 122 valence electrons. The smallest absolute Gasteiger partial charge is 0.253 e. The summed E-state index contributed by atoms with van der Waals surface area (Å²) in [7, 11) is 0. The van der Waals surface area contributed by atoms with Crippen LogP contribution in [0.25, 0.3) is 0 Å². The minimum atomic E-state index is -0.738. The van der Waals surface area contributed by atoms with Crippen LogP contribution in [0.1, 0.15) is 21.8 Å². The van der Waals surface area contributed by atoms with Crippen molar-refractivity contribution in [1.29, 1.82) is 0 Å². The number of hydrogen-bond acceptors (Lipinski definition) is 5. The molecule has 7 heteroatoms. The number of benzene rings is 1. The number of halogens is 1. The molecule has 0 saturated carbocycles. The monoisotopic (exact) mass is 318 g/mol. The Kier molecular flexibility index (Phi) is 4.29. The molecule has 0 unspecified atom stereocenters. The second-order valence-electron chi connectivity index (χ2n) is 5.70. The SMILES string of the molecule is Cc1cc(CN2CCN(c3cccc(F)c3C(N)=O)CC2)on1. The Hall–Kier alpha value is -2.41. The molecule has 0 aliphatic carbocycles. The fourth-order valence-corrected chi connectivity index (χ4v) is 2.88. The number of carbonyl (C=O) groups is 1. The van der Waals surface area contributed by atoms with E-state index < -0.39 is 11.7 Å². The number of primary amides is 1. The molecule has 1 aromatic carbocycles. The lowest BCUT2D eigenvalue weighted by Gasteiger charge is -2.36. The number of amides is 1. The Labute approximate surface area is 133 Å². The van der Waals surface area contributed by atoms with E-state index in [2.05, 4.69) is 10.1 Å². The van der Waals surface area contributed by atoms with Crippen LogP contribution in [0.2, 0.25) is 0 Å². The molecule has 2 heterocycles. The summed E-state index contributed by atoms with van der Waals surface area (Å²) in [5.74, 6) is -0.480. The first-order chi connectivity index (χ1) is 11.0. The average molecular weight is 318 g/mol. The maximum Gasteiger partial charge on any atom is 0.253 e. The van der Waals surface area contributed by atoms with Crippen molar-refractivity contribution in [3.8, 4) is 0 Å². The molecule has 0 atom stereocenters. The van der Waals surface area contributed by atoms with Crippen molar-refractivity contribution in [2.45, 2.75) is 13.5 Å². The predicted octanol–water partition coefficient (Wildman–Crippen LogP) is 1.54. The van der Waals surface area contributed by atoms with Crippen LogP contribution in [0.4, 0.5) is 10.1 Å². The van der Waals surface area contributed by atoms with Gasteiger partial charge in [0, 0.05) is 32.2 Å². The summed E-state index contributed by atoms with van der Waals surface area (Å²) in [6, 6.07) is 6.51. The Morgan fingerprint density at radius 3 is 2.70 bits per heavy atom. The third kappa shape index (κ3) is 3.34. The van der Waals surface area contributed by atoms with E-state index in [0.717, 1.165) is 24.5 Å². The van der Waals surface area contributed by atoms with Gasteiger partial charge in [0.15, 0.2) is 5.76 Å². The van der Waals surface area contributed by atoms with E-state index in [9.17, 15) is 9.18 Å². The number of nitrogens with zero attached hydrogens (tertiary/aromatic N) is 3. The van der Waals surface area contributed by atoms with Crippen LogP contribution in [0, 0.1) is 12.7 Å². The van der Waals surface area contributed by atoms with E-state index in [1.54, 1.807) is 12.1 Å². The van der Waals surface area contributed by atoms with Gasteiger partial charge in [0.25, 0.3) is 5.91 Å². The third-order valence-electron chi connectivity index (χ3n) is 4.01. The molecule has 3 rings (SSSR count). The largest absolute Gasteiger partial charge is 0.368 e. The summed E-state index contributed by atoms with van der Waals surface area (Å²) in [6.45, 7) is 5.54. The van der Waals surface area contributed by atoms with Gasteiger partial charge in [-0.1, -0.05) is 11.2 Å². The molecule has 0 spiro atoms. The van der Waals surface area contributed by atoms with Crippen LogP contribution >= 0.6 is 0 Å². The van der Waals surface area contributed by atoms with Crippen molar-refractivity contribution in [2.24, 2.45) is 5.73 Å². The van der Waals surface area contributed by atoms with Crippen molar-refractivity contribution in [1.82, 2.24) is 10.1 Å². The van der Waals surface area contributed by atoms with Gasteiger partial charge in [-0.05, 0) is 19.1 Å². The van der Waals surface area contributed by atoms with Gasteiger partial charge in [0.05, 0.1) is 23.5 Å². The molecular weight excluding hydrogens is 299 g/mol. The van der Waals surface area contributed by atoms with Gasteiger partial charge in [-0.25, -0.2) is 4.39 Å². The van der Waals surface area contributed by atoms with Gasteiger partial charge in [0.2, 0.25) is 0 Å². The van der Waals surface area contributed by atoms with Crippen molar-refractivity contribution >= 4 is 11.6 Å². The second kappa shape index (κ2) is 6.37. The number of carbonyl (C=O) groups excluding carboxylic acids is 1. The standard InChI is InChI=1S/C16H19FN4O2/c1-11-9-12(23-19-11)10-20-5-7-21(8-6-20)14-4-2-3-13(17)15(14)16(18)22/h2-4,9H,5-8,10H2,1H3,(H2,18,22). The number of aromatic nitrogens is 1. The molecule has 0 radical (unpaired) electrons. The number of piperazine rings is 1. The Morgan fingerprint density at radius 1 is 1.35 bits per heavy atom. The number of aryl methyl sites for hydroxylation is 1. The lowest BCUT2D eigenvalue weighted by atomic mass is 10.1. The average Bonchev–Trinajstić information content (AvgIpc) is 2.92. The number of nitrogens with two attached hydrogens (primary N) is 1. The predicted molar refractivity (Wildman–Crippen MR) is 83.6 cm³/mol. The molecule has 1 fully saturated rings. The van der Waals surface area contributed by atoms with Crippen LogP contribution in [0.5, 0.6) is 0 Å². The lowest BCUT2D eigenvalue weighted by Crippen LogP contribution is -2.46. The van der Waals surface area contributed by atoms with Gasteiger partial charge in [-0.15, -0.1) is 0 Å². The summed E-state index contributed by atoms with van der Waals surface area (Å²) in [5, 5.41) is 3.88. The first-order valence-corrected chi connectivity index (χ1v) is 7.52. The molecule has 6 nitrogen and oxygen atoms in total. The summed E-state index contributed by atoms with van der Waals surface area (Å²) in [4.78, 5) is 15.7. The zero-order valence-corrected chi connectivity index (χ0v) is 13.0. The zero-order valence-electron chi connectivity index (χ0n) is 13.0. The molecule has 2 N–H and O–H groups in total. The number of hydrogen-bond donors (Lipinski definition) is 1. The highest BCUT2D eigenvalue weighted by Gasteiger charge is 2.23. The molecule has 1 amide bonds. The van der Waals surface area contributed by atoms with Gasteiger partial charge in [0.1, 0.15) is 5.82 Å². The quantitative estimate of drug-likeness (QED) is 0.925. The maximum atomic E-state index is 13.9. The van der Waals surface area contributed by atoms with Crippen molar-refractivity contribution in [3.63, 3.8) is 0 Å². The van der Waals surface area contributed by atoms with Crippen LogP contribution in [0.15, 0.2) is 28.8 Å². The molecule has 1 aromatic heterocycles. The van der Waals surface area contributed by atoms with Gasteiger partial charge in [-0.3, -0.25) is 9.69 Å². The highest BCUT2D eigenvalue weighted by Crippen LogP contribution is 2.24. The second-order valence-corrected chi connectivity index (χ2v) is 5.70. The Morgan fingerprint density at radius 2 is 2.09 bits per heavy atom. The molecule has 1 aliphatic heterocycles. The minimum absolute atomic E-state index is 0.0354. The zero-order chi connectivity index (χ0) is 16.4. The molecular formula is C16H19FN4O2. The first-order valence-electron chi connectivity index (χ1n) is 7.52.